The minimum absolute atomic E-state index is 0.0182. The summed E-state index contributed by atoms with van der Waals surface area (Å²) in [6.07, 6.45) is 3.17. The smallest absolute Gasteiger partial charge is 0.269 e. The summed E-state index contributed by atoms with van der Waals surface area (Å²) in [5.41, 5.74) is 1.55. The number of hydrogen-bond donors (Lipinski definition) is 0. The molecule has 0 N–H and O–H groups in total. The number of nitrogens with zero attached hydrogens (tertiary/aromatic N) is 1. The number of nitro groups is 1. The van der Waals surface area contributed by atoms with Crippen molar-refractivity contribution in [1.29, 1.82) is 0 Å². The summed E-state index contributed by atoms with van der Waals surface area (Å²) in [6.45, 7) is 2.90. The van der Waals surface area contributed by atoms with Crippen LogP contribution in [0.2, 0.25) is 0 Å². The topological polar surface area (TPSA) is 86.5 Å². The van der Waals surface area contributed by atoms with E-state index in [4.69, 9.17) is 4.74 Å². The lowest BCUT2D eigenvalue weighted by atomic mass is 9.97. The number of ether oxygens (including phenoxy) is 1. The highest BCUT2D eigenvalue weighted by molar-refractivity contribution is 6.28. The van der Waals surface area contributed by atoms with Gasteiger partial charge in [-0.25, -0.2) is 0 Å². The molecule has 0 aromatic heterocycles. The molecule has 2 aromatic carbocycles. The molecule has 0 radical (unpaired) electrons. The van der Waals surface area contributed by atoms with Crippen molar-refractivity contribution < 1.29 is 19.2 Å². The number of Topliss-reactive ketones (excluding diaryl/α,β-unsaturated/α-hetero) is 2. The average molecular weight is 375 g/mol. The molecule has 28 heavy (non-hydrogen) atoms. The van der Waals surface area contributed by atoms with Crippen molar-refractivity contribution >= 4 is 29.1 Å². The zero-order chi connectivity index (χ0) is 20.3. The quantitative estimate of drug-likeness (QED) is 0.340. The van der Waals surface area contributed by atoms with Crippen LogP contribution in [0.1, 0.15) is 25.0 Å². The molecule has 3 rings (SSSR count). The first-order valence-electron chi connectivity index (χ1n) is 8.54. The van der Waals surface area contributed by atoms with Crippen LogP contribution in [0.4, 0.5) is 5.69 Å². The van der Waals surface area contributed by atoms with Crippen molar-refractivity contribution in [2.24, 2.45) is 0 Å². The van der Waals surface area contributed by atoms with E-state index in [9.17, 15) is 19.7 Å². The van der Waals surface area contributed by atoms with Crippen molar-refractivity contribution in [2.45, 2.75) is 13.8 Å². The molecule has 140 valence electrons. The molecule has 0 atom stereocenters. The molecule has 1 heterocycles. The van der Waals surface area contributed by atoms with E-state index in [1.807, 2.05) is 30.3 Å². The summed E-state index contributed by atoms with van der Waals surface area (Å²) >= 11 is 0. The minimum Gasteiger partial charge on any atom is -0.460 e. The van der Waals surface area contributed by atoms with E-state index in [0.29, 0.717) is 11.3 Å². The maximum atomic E-state index is 13.0. The van der Waals surface area contributed by atoms with Crippen LogP contribution in [0.3, 0.4) is 0 Å². The Morgan fingerprint density at radius 2 is 1.71 bits per heavy atom. The van der Waals surface area contributed by atoms with E-state index >= 15 is 0 Å². The van der Waals surface area contributed by atoms with Gasteiger partial charge >= 0.3 is 0 Å². The minimum atomic E-state index is -0.491. The first kappa shape index (κ1) is 19.0. The Kier molecular flexibility index (Phi) is 5.31. The molecule has 0 fully saturated rings. The van der Waals surface area contributed by atoms with Gasteiger partial charge < -0.3 is 4.74 Å². The maximum Gasteiger partial charge on any atom is 0.269 e. The summed E-state index contributed by atoms with van der Waals surface area (Å²) in [5.74, 6) is -0.162. The van der Waals surface area contributed by atoms with Gasteiger partial charge in [0.1, 0.15) is 17.1 Å². The van der Waals surface area contributed by atoms with E-state index in [-0.39, 0.29) is 28.4 Å². The fraction of sp³-hybridized carbons (Fsp3) is 0.0909. The lowest BCUT2D eigenvalue weighted by Crippen LogP contribution is -2.13. The third-order valence-corrected chi connectivity index (χ3v) is 4.23. The highest BCUT2D eigenvalue weighted by Crippen LogP contribution is 2.29. The van der Waals surface area contributed by atoms with Crippen LogP contribution in [0.5, 0.6) is 0 Å². The number of ketones is 2. The zero-order valence-electron chi connectivity index (χ0n) is 15.3. The van der Waals surface area contributed by atoms with E-state index < -0.39 is 10.7 Å². The molecule has 6 heteroatoms. The summed E-state index contributed by atoms with van der Waals surface area (Å²) < 4.78 is 5.83. The highest BCUT2D eigenvalue weighted by atomic mass is 16.6. The molecule has 1 aliphatic heterocycles. The number of allylic oxidation sites excluding steroid dienone is 4. The van der Waals surface area contributed by atoms with Gasteiger partial charge in [-0.15, -0.1) is 0 Å². The third kappa shape index (κ3) is 3.96. The van der Waals surface area contributed by atoms with Gasteiger partial charge in [-0.1, -0.05) is 30.3 Å². The predicted octanol–water partition coefficient (Wildman–Crippen LogP) is 4.48. The SMILES string of the molecule is CC(=O)C1=C(C)OC(c2ccccc2)=CC(=Cc2ccc([N+](=O)[O-])cc2)C1=O. The summed E-state index contributed by atoms with van der Waals surface area (Å²) in [4.78, 5) is 35.4. The van der Waals surface area contributed by atoms with Crippen LogP contribution in [-0.2, 0) is 14.3 Å². The highest BCUT2D eigenvalue weighted by Gasteiger charge is 2.26. The van der Waals surface area contributed by atoms with E-state index in [1.165, 1.54) is 19.1 Å². The summed E-state index contributed by atoms with van der Waals surface area (Å²) in [7, 11) is 0. The predicted molar refractivity (Wildman–Crippen MR) is 105 cm³/mol. The summed E-state index contributed by atoms with van der Waals surface area (Å²) in [5, 5.41) is 10.8. The van der Waals surface area contributed by atoms with Gasteiger partial charge in [0.25, 0.3) is 5.69 Å². The van der Waals surface area contributed by atoms with Gasteiger partial charge in [0.15, 0.2) is 11.6 Å². The Morgan fingerprint density at radius 3 is 2.29 bits per heavy atom. The largest absolute Gasteiger partial charge is 0.460 e. The number of carbonyl (C=O) groups excluding carboxylic acids is 2. The van der Waals surface area contributed by atoms with Gasteiger partial charge in [-0.2, -0.15) is 0 Å². The van der Waals surface area contributed by atoms with Crippen molar-refractivity contribution in [2.75, 3.05) is 0 Å². The fourth-order valence-corrected chi connectivity index (χ4v) is 2.89. The molecular formula is C22H17NO5. The number of non-ortho nitro benzene ring substituents is 1. The van der Waals surface area contributed by atoms with E-state index in [1.54, 1.807) is 31.2 Å². The van der Waals surface area contributed by atoms with E-state index in [2.05, 4.69) is 0 Å². The molecule has 0 aliphatic carbocycles. The number of benzene rings is 2. The van der Waals surface area contributed by atoms with Crippen LogP contribution in [0.25, 0.3) is 11.8 Å². The Hall–Kier alpha value is -3.80. The zero-order valence-corrected chi connectivity index (χ0v) is 15.3. The first-order chi connectivity index (χ1) is 13.4. The molecule has 0 saturated heterocycles. The lowest BCUT2D eigenvalue weighted by Gasteiger charge is -2.09. The molecule has 0 spiro atoms. The standard InChI is InChI=1S/C22H17NO5/c1-14(24)21-15(2)28-20(17-6-4-3-5-7-17)13-18(22(21)25)12-16-8-10-19(11-9-16)23(26)27/h3-13H,1-2H3. The van der Waals surface area contributed by atoms with Crippen LogP contribution in [0, 0.1) is 10.1 Å². The molecule has 0 unspecified atom stereocenters. The second-order valence-corrected chi connectivity index (χ2v) is 6.24. The lowest BCUT2D eigenvalue weighted by molar-refractivity contribution is -0.384. The third-order valence-electron chi connectivity index (χ3n) is 4.23. The van der Waals surface area contributed by atoms with Crippen LogP contribution in [-0.4, -0.2) is 16.5 Å². The molecule has 6 nitrogen and oxygen atoms in total. The van der Waals surface area contributed by atoms with Gasteiger partial charge in [0, 0.05) is 23.3 Å². The Balaban J connectivity index is 2.13. The molecule has 1 aliphatic rings. The van der Waals surface area contributed by atoms with Crippen molar-refractivity contribution in [3.8, 4) is 0 Å². The molecule has 0 saturated carbocycles. The maximum absolute atomic E-state index is 13.0. The molecule has 0 bridgehead atoms. The van der Waals surface area contributed by atoms with Gasteiger partial charge in [-0.3, -0.25) is 19.7 Å². The molecule has 2 aromatic rings. The molecule has 0 amide bonds. The number of carbonyl (C=O) groups is 2. The van der Waals surface area contributed by atoms with Gasteiger partial charge in [-0.05, 0) is 43.7 Å². The number of rotatable bonds is 4. The number of hydrogen-bond acceptors (Lipinski definition) is 5. The number of nitro benzene ring substituents is 1. The van der Waals surface area contributed by atoms with E-state index in [0.717, 1.165) is 5.56 Å². The van der Waals surface area contributed by atoms with Crippen LogP contribution < -0.4 is 0 Å². The molecular weight excluding hydrogens is 358 g/mol. The van der Waals surface area contributed by atoms with Gasteiger partial charge in [0.05, 0.1) is 4.92 Å². The Bertz CT molecular complexity index is 1040. The monoisotopic (exact) mass is 375 g/mol. The fourth-order valence-electron chi connectivity index (χ4n) is 2.89. The second kappa shape index (κ2) is 7.84. The second-order valence-electron chi connectivity index (χ2n) is 6.24. The Morgan fingerprint density at radius 1 is 1.07 bits per heavy atom. The van der Waals surface area contributed by atoms with Gasteiger partial charge in [0.2, 0.25) is 0 Å². The van der Waals surface area contributed by atoms with Crippen molar-refractivity contribution in [1.82, 2.24) is 0 Å². The van der Waals surface area contributed by atoms with Crippen LogP contribution in [0.15, 0.2) is 77.6 Å². The Labute approximate surface area is 161 Å². The van der Waals surface area contributed by atoms with Crippen molar-refractivity contribution in [3.05, 3.63) is 98.8 Å². The normalized spacial score (nSPS) is 15.7. The van der Waals surface area contributed by atoms with Crippen LogP contribution >= 0.6 is 0 Å². The average Bonchev–Trinajstić information content (AvgIpc) is 2.79. The summed E-state index contributed by atoms with van der Waals surface area (Å²) in [6, 6.07) is 15.0. The van der Waals surface area contributed by atoms with Crippen molar-refractivity contribution in [3.63, 3.8) is 0 Å². The first-order valence-corrected chi connectivity index (χ1v) is 8.54.